The molecule has 10 heteroatoms. The van der Waals surface area contributed by atoms with Crippen LogP contribution in [0.25, 0.3) is 16.9 Å². The molecule has 3 N–H and O–H groups in total. The third-order valence-corrected chi connectivity index (χ3v) is 6.80. The van der Waals surface area contributed by atoms with Crippen molar-refractivity contribution in [2.75, 3.05) is 12.4 Å². The molecule has 39 heavy (non-hydrogen) atoms. The van der Waals surface area contributed by atoms with Crippen LogP contribution in [0.1, 0.15) is 38.1 Å². The Labute approximate surface area is 223 Å². The average Bonchev–Trinajstić information content (AvgIpc) is 3.66. The Bertz CT molecular complexity index is 1660. The highest BCUT2D eigenvalue weighted by Gasteiger charge is 2.28. The average molecular weight is 527 g/mol. The molecular weight excluding hydrogens is 499 g/mol. The Balaban J connectivity index is 0.000000214. The number of aliphatic hydroxyl groups excluding tert-OH is 1. The molecule has 0 fully saturated rings. The van der Waals surface area contributed by atoms with Crippen LogP contribution in [-0.2, 0) is 13.5 Å². The number of aromatic nitrogens is 4. The minimum Gasteiger partial charge on any atom is -0.387 e. The molecule has 0 aliphatic heterocycles. The van der Waals surface area contributed by atoms with Crippen LogP contribution < -0.4 is 10.6 Å². The molecule has 0 saturated heterocycles. The lowest BCUT2D eigenvalue weighted by Gasteiger charge is -2.12. The number of rotatable bonds is 5. The molecule has 0 bridgehead atoms. The van der Waals surface area contributed by atoms with Gasteiger partial charge in [0, 0.05) is 36.6 Å². The number of imidazole rings is 1. The fourth-order valence-electron chi connectivity index (χ4n) is 4.70. The van der Waals surface area contributed by atoms with Crippen LogP contribution in [0.2, 0.25) is 0 Å². The van der Waals surface area contributed by atoms with Crippen molar-refractivity contribution >= 4 is 23.5 Å². The topological polar surface area (TPSA) is 114 Å². The lowest BCUT2D eigenvalue weighted by atomic mass is 10.1. The molecule has 6 rings (SSSR count). The maximum Gasteiger partial charge on any atom is 0.274 e. The van der Waals surface area contributed by atoms with Crippen LogP contribution in [0.3, 0.4) is 0 Å². The van der Waals surface area contributed by atoms with Crippen molar-refractivity contribution in [3.63, 3.8) is 0 Å². The Hall–Kier alpha value is -4.67. The molecule has 0 radical (unpaired) electrons. The number of halogens is 1. The second-order valence-corrected chi connectivity index (χ2v) is 9.18. The first-order valence-corrected chi connectivity index (χ1v) is 12.3. The number of hydrogen-bond acceptors (Lipinski definition) is 6. The van der Waals surface area contributed by atoms with Gasteiger partial charge in [0.2, 0.25) is 0 Å². The number of aliphatic hydroxyl groups is 1. The second kappa shape index (κ2) is 11.0. The van der Waals surface area contributed by atoms with Crippen LogP contribution in [-0.4, -0.2) is 49.6 Å². The molecule has 2 aromatic carbocycles. The molecular formula is C29H27FN6O3. The molecule has 198 valence electrons. The number of nitrogens with one attached hydrogen (secondary N) is 2. The maximum atomic E-state index is 13.9. The Morgan fingerprint density at radius 2 is 1.97 bits per heavy atom. The monoisotopic (exact) mass is 526 g/mol. The number of likely N-dealkylation sites (N-methyl/N-ethyl adjacent to an activating group) is 1. The quantitative estimate of drug-likeness (QED) is 0.300. The molecule has 5 aromatic rings. The number of fused-ring (bicyclic) bond motifs is 2. The van der Waals surface area contributed by atoms with Crippen molar-refractivity contribution in [3.8, 4) is 11.3 Å². The SMILES string of the molecule is CNC1Cc2ccccc2C1O.Cn1nccc1-c1ccn2c(C(=O)Nc3cc(C=O)ccc3F)cnc2c1. The smallest absolute Gasteiger partial charge is 0.274 e. The number of aldehydes is 1. The highest BCUT2D eigenvalue weighted by molar-refractivity contribution is 6.04. The Kier molecular flexibility index (Phi) is 7.31. The Morgan fingerprint density at radius 1 is 1.15 bits per heavy atom. The third-order valence-electron chi connectivity index (χ3n) is 6.80. The van der Waals surface area contributed by atoms with E-state index in [9.17, 15) is 19.1 Å². The summed E-state index contributed by atoms with van der Waals surface area (Å²) in [4.78, 5) is 27.7. The van der Waals surface area contributed by atoms with E-state index in [4.69, 9.17) is 0 Å². The van der Waals surface area contributed by atoms with Crippen molar-refractivity contribution in [2.24, 2.45) is 7.05 Å². The highest BCUT2D eigenvalue weighted by Crippen LogP contribution is 2.30. The van der Waals surface area contributed by atoms with Crippen LogP contribution in [0.15, 0.2) is 79.3 Å². The van der Waals surface area contributed by atoms with Crippen LogP contribution in [0, 0.1) is 5.82 Å². The molecule has 2 unspecified atom stereocenters. The summed E-state index contributed by atoms with van der Waals surface area (Å²) in [5.74, 6) is -1.15. The van der Waals surface area contributed by atoms with Crippen LogP contribution in [0.5, 0.6) is 0 Å². The van der Waals surface area contributed by atoms with Gasteiger partial charge in [-0.1, -0.05) is 24.3 Å². The molecule has 1 amide bonds. The predicted molar refractivity (Wildman–Crippen MR) is 145 cm³/mol. The number of pyridine rings is 1. The van der Waals surface area contributed by atoms with Gasteiger partial charge in [0.1, 0.15) is 23.4 Å². The van der Waals surface area contributed by atoms with E-state index in [-0.39, 0.29) is 29.1 Å². The van der Waals surface area contributed by atoms with Crippen molar-refractivity contribution in [2.45, 2.75) is 18.6 Å². The third kappa shape index (κ3) is 5.20. The second-order valence-electron chi connectivity index (χ2n) is 9.18. The summed E-state index contributed by atoms with van der Waals surface area (Å²) in [6.07, 6.45) is 6.03. The molecule has 2 atom stereocenters. The summed E-state index contributed by atoms with van der Waals surface area (Å²) >= 11 is 0. The van der Waals surface area contributed by atoms with Gasteiger partial charge in [0.05, 0.1) is 23.7 Å². The highest BCUT2D eigenvalue weighted by atomic mass is 19.1. The first-order chi connectivity index (χ1) is 18.9. The molecule has 0 spiro atoms. The van der Waals surface area contributed by atoms with E-state index in [1.165, 1.54) is 23.9 Å². The summed E-state index contributed by atoms with van der Waals surface area (Å²) in [6, 6.07) is 17.6. The van der Waals surface area contributed by atoms with Gasteiger partial charge in [-0.25, -0.2) is 9.37 Å². The van der Waals surface area contributed by atoms with Crippen LogP contribution >= 0.6 is 0 Å². The summed E-state index contributed by atoms with van der Waals surface area (Å²) in [5.41, 5.74) is 5.19. The summed E-state index contributed by atoms with van der Waals surface area (Å²) in [5, 5.41) is 19.5. The first kappa shape index (κ1) is 26.0. The van der Waals surface area contributed by atoms with Crippen molar-refractivity contribution < 1.29 is 19.1 Å². The van der Waals surface area contributed by atoms with Gasteiger partial charge < -0.3 is 15.7 Å². The minimum atomic E-state index is -0.624. The van der Waals surface area contributed by atoms with E-state index in [1.807, 2.05) is 50.5 Å². The largest absolute Gasteiger partial charge is 0.387 e. The van der Waals surface area contributed by atoms with Crippen molar-refractivity contribution in [1.82, 2.24) is 24.5 Å². The molecule has 1 aliphatic rings. The van der Waals surface area contributed by atoms with E-state index in [1.54, 1.807) is 21.5 Å². The predicted octanol–water partition coefficient (Wildman–Crippen LogP) is 3.80. The summed E-state index contributed by atoms with van der Waals surface area (Å²) in [6.45, 7) is 0. The van der Waals surface area contributed by atoms with Crippen molar-refractivity contribution in [1.29, 1.82) is 0 Å². The lowest BCUT2D eigenvalue weighted by molar-refractivity contribution is 0.102. The van der Waals surface area contributed by atoms with Crippen molar-refractivity contribution in [3.05, 3.63) is 107 Å². The van der Waals surface area contributed by atoms with Gasteiger partial charge in [-0.2, -0.15) is 5.10 Å². The zero-order valence-electron chi connectivity index (χ0n) is 21.4. The molecule has 9 nitrogen and oxygen atoms in total. The number of hydrogen-bond donors (Lipinski definition) is 3. The van der Waals surface area contributed by atoms with Gasteiger partial charge in [0.25, 0.3) is 5.91 Å². The van der Waals surface area contributed by atoms with E-state index >= 15 is 0 Å². The zero-order chi connectivity index (χ0) is 27.5. The van der Waals surface area contributed by atoms with Gasteiger partial charge in [-0.3, -0.25) is 18.7 Å². The fourth-order valence-corrected chi connectivity index (χ4v) is 4.70. The van der Waals surface area contributed by atoms with Gasteiger partial charge >= 0.3 is 0 Å². The van der Waals surface area contributed by atoms with Gasteiger partial charge in [-0.15, -0.1) is 0 Å². The number of anilines is 1. The normalized spacial score (nSPS) is 15.9. The zero-order valence-corrected chi connectivity index (χ0v) is 21.4. The number of aryl methyl sites for hydroxylation is 1. The summed E-state index contributed by atoms with van der Waals surface area (Å²) in [7, 11) is 3.73. The fraction of sp³-hybridized carbons (Fsp3) is 0.172. The summed E-state index contributed by atoms with van der Waals surface area (Å²) < 4.78 is 17.3. The minimum absolute atomic E-state index is 0.0638. The van der Waals surface area contributed by atoms with E-state index in [0.717, 1.165) is 29.3 Å². The maximum absolute atomic E-state index is 13.9. The first-order valence-electron chi connectivity index (χ1n) is 12.3. The van der Waals surface area contributed by atoms with Crippen LogP contribution in [0.4, 0.5) is 10.1 Å². The number of carbonyl (C=O) groups excluding carboxylic acids is 2. The molecule has 3 heterocycles. The number of benzene rings is 2. The molecule has 0 saturated carbocycles. The number of carbonyl (C=O) groups is 2. The number of amides is 1. The van der Waals surface area contributed by atoms with E-state index < -0.39 is 11.7 Å². The van der Waals surface area contributed by atoms with E-state index in [0.29, 0.717) is 11.9 Å². The standard InChI is InChI=1S/C19H14FN5O2.C10H13NO/c1-24-16(4-6-22-24)13-5-7-25-17(10-21-18(25)9-13)19(27)23-15-8-12(11-26)2-3-14(15)20;1-11-9-6-7-4-2-3-5-8(7)10(9)12/h2-11H,1H3,(H,23,27);2-5,9-12H,6H2,1H3. The van der Waals surface area contributed by atoms with Gasteiger partial charge in [-0.05, 0) is 61.0 Å². The lowest BCUT2D eigenvalue weighted by Crippen LogP contribution is -2.29. The van der Waals surface area contributed by atoms with E-state index in [2.05, 4.69) is 26.8 Å². The van der Waals surface area contributed by atoms with Gasteiger partial charge in [0.15, 0.2) is 0 Å². The molecule has 1 aliphatic carbocycles. The Morgan fingerprint density at radius 3 is 2.69 bits per heavy atom. The molecule has 3 aromatic heterocycles. The number of nitrogens with zero attached hydrogens (tertiary/aromatic N) is 4.